The summed E-state index contributed by atoms with van der Waals surface area (Å²) >= 11 is 0.419. The zero-order valence-electron chi connectivity index (χ0n) is 9.61. The van der Waals surface area contributed by atoms with E-state index in [1.165, 1.54) is 0 Å². The summed E-state index contributed by atoms with van der Waals surface area (Å²) in [6, 6.07) is 15.2. The van der Waals surface area contributed by atoms with Crippen LogP contribution in [-0.2, 0) is 13.3 Å². The van der Waals surface area contributed by atoms with E-state index < -0.39 is 13.3 Å². The SMILES string of the molecule is FCc1ccccc1[Se][Se]c1ccccc1CF. The van der Waals surface area contributed by atoms with E-state index in [1.54, 1.807) is 0 Å². The number of hydrogen-bond acceptors (Lipinski definition) is 0. The van der Waals surface area contributed by atoms with Gasteiger partial charge < -0.3 is 0 Å². The van der Waals surface area contributed by atoms with Crippen LogP contribution in [0.2, 0.25) is 0 Å². The molecule has 0 nitrogen and oxygen atoms in total. The zero-order valence-corrected chi connectivity index (χ0v) is 13.0. The maximum absolute atomic E-state index is 12.8. The first-order valence-corrected chi connectivity index (χ1v) is 11.5. The molecule has 0 unspecified atom stereocenters. The van der Waals surface area contributed by atoms with Gasteiger partial charge in [0.1, 0.15) is 0 Å². The average molecular weight is 376 g/mol. The molecule has 2 aromatic carbocycles. The molecule has 94 valence electrons. The molecule has 0 aliphatic heterocycles. The van der Waals surface area contributed by atoms with Gasteiger partial charge in [0.15, 0.2) is 0 Å². The molecule has 4 heteroatoms. The Labute approximate surface area is 117 Å². The normalized spacial score (nSPS) is 10.6. The third-order valence-electron chi connectivity index (χ3n) is 2.45. The Bertz CT molecular complexity index is 467. The van der Waals surface area contributed by atoms with E-state index in [0.29, 0.717) is 0 Å². The number of halogens is 2. The van der Waals surface area contributed by atoms with Gasteiger partial charge >= 0.3 is 117 Å². The molecule has 0 aliphatic carbocycles. The topological polar surface area (TPSA) is 0 Å². The number of benzene rings is 2. The summed E-state index contributed by atoms with van der Waals surface area (Å²) in [5.41, 5.74) is 1.55. The van der Waals surface area contributed by atoms with Crippen molar-refractivity contribution in [1.82, 2.24) is 0 Å². The second kappa shape index (κ2) is 7.06. The summed E-state index contributed by atoms with van der Waals surface area (Å²) in [5.74, 6) is 0. The molecule has 0 fully saturated rings. The van der Waals surface area contributed by atoms with E-state index in [0.717, 1.165) is 20.1 Å². The van der Waals surface area contributed by atoms with E-state index in [9.17, 15) is 8.78 Å². The predicted octanol–water partition coefficient (Wildman–Crippen LogP) is 1.90. The monoisotopic (exact) mass is 378 g/mol. The van der Waals surface area contributed by atoms with Crippen molar-refractivity contribution in [2.75, 3.05) is 0 Å². The first-order chi connectivity index (χ1) is 8.85. The Hall–Kier alpha value is -0.661. The van der Waals surface area contributed by atoms with E-state index in [4.69, 9.17) is 0 Å². The van der Waals surface area contributed by atoms with Crippen LogP contribution in [0.4, 0.5) is 8.78 Å². The fraction of sp³-hybridized carbons (Fsp3) is 0.143. The first-order valence-electron chi connectivity index (χ1n) is 5.47. The molecule has 0 N–H and O–H groups in total. The van der Waals surface area contributed by atoms with Crippen LogP contribution < -0.4 is 8.92 Å². The van der Waals surface area contributed by atoms with Crippen LogP contribution in [0, 0.1) is 0 Å². The van der Waals surface area contributed by atoms with Crippen LogP contribution in [0.25, 0.3) is 0 Å². The summed E-state index contributed by atoms with van der Waals surface area (Å²) in [5, 5.41) is 0. The maximum atomic E-state index is 12.8. The van der Waals surface area contributed by atoms with Crippen LogP contribution >= 0.6 is 0 Å². The molecular weight excluding hydrogens is 364 g/mol. The molecule has 2 aromatic rings. The van der Waals surface area contributed by atoms with Gasteiger partial charge in [-0.3, -0.25) is 0 Å². The summed E-state index contributed by atoms with van der Waals surface area (Å²) < 4.78 is 27.8. The third-order valence-corrected chi connectivity index (χ3v) is 9.88. The van der Waals surface area contributed by atoms with Crippen molar-refractivity contribution in [3.05, 3.63) is 59.7 Å². The standard InChI is InChI=1S/C14H12F2Se2/c15-9-11-5-1-3-7-13(11)17-18-14-8-4-2-6-12(14)10-16/h1-8H,9-10H2. The van der Waals surface area contributed by atoms with Gasteiger partial charge in [-0.2, -0.15) is 0 Å². The van der Waals surface area contributed by atoms with Gasteiger partial charge in [-0.05, 0) is 0 Å². The molecule has 0 atom stereocenters. The van der Waals surface area contributed by atoms with E-state index in [2.05, 4.69) is 0 Å². The average Bonchev–Trinajstić information content (AvgIpc) is 2.45. The van der Waals surface area contributed by atoms with Gasteiger partial charge in [-0.15, -0.1) is 0 Å². The van der Waals surface area contributed by atoms with E-state index in [1.807, 2.05) is 48.5 Å². The van der Waals surface area contributed by atoms with Crippen LogP contribution in [0.1, 0.15) is 11.1 Å². The van der Waals surface area contributed by atoms with Crippen molar-refractivity contribution >= 4 is 35.2 Å². The summed E-state index contributed by atoms with van der Waals surface area (Å²) in [6.07, 6.45) is 0. The van der Waals surface area contributed by atoms with Gasteiger partial charge in [0.05, 0.1) is 0 Å². The molecule has 0 heterocycles. The predicted molar refractivity (Wildman–Crippen MR) is 73.3 cm³/mol. The van der Waals surface area contributed by atoms with Crippen LogP contribution in [0.15, 0.2) is 48.5 Å². The first kappa shape index (κ1) is 13.8. The molecule has 0 amide bonds. The summed E-state index contributed by atoms with van der Waals surface area (Å²) in [7, 11) is 0. The minimum atomic E-state index is -0.418. The number of hydrogen-bond donors (Lipinski definition) is 0. The number of rotatable bonds is 5. The van der Waals surface area contributed by atoms with Crippen molar-refractivity contribution in [3.8, 4) is 0 Å². The molecule has 18 heavy (non-hydrogen) atoms. The van der Waals surface area contributed by atoms with Crippen molar-refractivity contribution < 1.29 is 8.78 Å². The number of alkyl halides is 2. The fourth-order valence-electron chi connectivity index (χ4n) is 1.48. The molecule has 0 saturated carbocycles. The van der Waals surface area contributed by atoms with Crippen LogP contribution in [0.5, 0.6) is 0 Å². The van der Waals surface area contributed by atoms with Crippen molar-refractivity contribution in [3.63, 3.8) is 0 Å². The van der Waals surface area contributed by atoms with Crippen molar-refractivity contribution in [2.24, 2.45) is 0 Å². The Kier molecular flexibility index (Phi) is 5.40. The Morgan fingerprint density at radius 2 is 1.06 bits per heavy atom. The van der Waals surface area contributed by atoms with Crippen molar-refractivity contribution in [1.29, 1.82) is 0 Å². The van der Waals surface area contributed by atoms with Gasteiger partial charge in [-0.25, -0.2) is 0 Å². The molecule has 2 rings (SSSR count). The molecule has 0 spiro atoms. The second-order valence-electron chi connectivity index (χ2n) is 3.65. The third kappa shape index (κ3) is 3.43. The molecule has 0 aromatic heterocycles. The molecule has 0 bridgehead atoms. The fourth-order valence-corrected chi connectivity index (χ4v) is 8.89. The molecule has 0 aliphatic rings. The molecular formula is C14H12F2Se2. The van der Waals surface area contributed by atoms with Crippen molar-refractivity contribution in [2.45, 2.75) is 13.3 Å². The summed E-state index contributed by atoms with van der Waals surface area (Å²) in [6.45, 7) is -0.836. The molecule has 0 radical (unpaired) electrons. The van der Waals surface area contributed by atoms with Gasteiger partial charge in [0.2, 0.25) is 0 Å². The summed E-state index contributed by atoms with van der Waals surface area (Å²) in [4.78, 5) is 0. The Morgan fingerprint density at radius 1 is 0.667 bits per heavy atom. The quantitative estimate of drug-likeness (QED) is 0.700. The second-order valence-corrected chi connectivity index (χ2v) is 9.83. The van der Waals surface area contributed by atoms with Gasteiger partial charge in [-0.1, -0.05) is 0 Å². The Morgan fingerprint density at radius 3 is 1.44 bits per heavy atom. The van der Waals surface area contributed by atoms with Crippen LogP contribution in [0.3, 0.4) is 0 Å². The zero-order chi connectivity index (χ0) is 12.8. The van der Waals surface area contributed by atoms with Gasteiger partial charge in [0, 0.05) is 0 Å². The van der Waals surface area contributed by atoms with E-state index >= 15 is 0 Å². The minimum absolute atomic E-state index is 0.209. The molecule has 0 saturated heterocycles. The van der Waals surface area contributed by atoms with Gasteiger partial charge in [0.25, 0.3) is 0 Å². The van der Waals surface area contributed by atoms with E-state index in [-0.39, 0.29) is 26.3 Å². The van der Waals surface area contributed by atoms with Crippen LogP contribution in [-0.4, -0.2) is 26.3 Å². The Balaban J connectivity index is 2.11.